The predicted octanol–water partition coefficient (Wildman–Crippen LogP) is 4.69. The van der Waals surface area contributed by atoms with Gasteiger partial charge in [0.05, 0.1) is 0 Å². The van der Waals surface area contributed by atoms with E-state index in [1.54, 1.807) is 0 Å². The highest BCUT2D eigenvalue weighted by Gasteiger charge is 1.91. The van der Waals surface area contributed by atoms with Gasteiger partial charge in [0.2, 0.25) is 0 Å². The van der Waals surface area contributed by atoms with Crippen LogP contribution in [0.25, 0.3) is 0 Å². The molecule has 0 spiro atoms. The fourth-order valence-corrected chi connectivity index (χ4v) is 2.31. The van der Waals surface area contributed by atoms with E-state index in [4.69, 9.17) is 0 Å². The first-order valence-electron chi connectivity index (χ1n) is 5.78. The van der Waals surface area contributed by atoms with E-state index in [9.17, 15) is 0 Å². The molecule has 0 aromatic carbocycles. The summed E-state index contributed by atoms with van der Waals surface area (Å²) in [6, 6.07) is 0. The average Bonchev–Trinajstić information content (AvgIpc) is 2.16. The molecule has 1 radical (unpaired) electrons. The molecule has 0 bridgehead atoms. The Morgan fingerprint density at radius 3 is 2.15 bits per heavy atom. The second-order valence-electron chi connectivity index (χ2n) is 3.59. The number of hydrogen-bond donors (Lipinski definition) is 0. The lowest BCUT2D eigenvalue weighted by Gasteiger charge is -2.00. The molecule has 0 aromatic rings. The van der Waals surface area contributed by atoms with Crippen molar-refractivity contribution in [3.8, 4) is 0 Å². The monoisotopic (exact) mass is 201 g/mol. The molecule has 0 saturated heterocycles. The molecule has 0 rings (SSSR count). The zero-order valence-electron chi connectivity index (χ0n) is 9.19. The van der Waals surface area contributed by atoms with Gasteiger partial charge in [-0.05, 0) is 24.3 Å². The van der Waals surface area contributed by atoms with E-state index in [0.29, 0.717) is 0 Å². The number of thioether (sulfide) groups is 1. The molecule has 0 aliphatic rings. The SMILES string of the molecule is [CH2]CCCSCCCCCCCC. The van der Waals surface area contributed by atoms with Gasteiger partial charge in [-0.25, -0.2) is 0 Å². The van der Waals surface area contributed by atoms with Crippen molar-refractivity contribution < 1.29 is 0 Å². The Morgan fingerprint density at radius 2 is 1.46 bits per heavy atom. The maximum atomic E-state index is 3.84. The van der Waals surface area contributed by atoms with Crippen molar-refractivity contribution in [2.45, 2.75) is 58.3 Å². The zero-order chi connectivity index (χ0) is 9.78. The van der Waals surface area contributed by atoms with Gasteiger partial charge in [0.15, 0.2) is 0 Å². The van der Waals surface area contributed by atoms with E-state index in [1.165, 1.54) is 56.5 Å². The van der Waals surface area contributed by atoms with Crippen LogP contribution in [0.5, 0.6) is 0 Å². The smallest absolute Gasteiger partial charge is 0.00675 e. The second kappa shape index (κ2) is 12.3. The van der Waals surface area contributed by atoms with Crippen molar-refractivity contribution in [3.63, 3.8) is 0 Å². The first-order valence-corrected chi connectivity index (χ1v) is 6.94. The van der Waals surface area contributed by atoms with Gasteiger partial charge in [-0.1, -0.05) is 52.4 Å². The van der Waals surface area contributed by atoms with Gasteiger partial charge in [-0.3, -0.25) is 0 Å². The fraction of sp³-hybridized carbons (Fsp3) is 0.917. The maximum Gasteiger partial charge on any atom is -0.00675 e. The molecule has 0 amide bonds. The standard InChI is InChI=1S/C12H25S/c1-3-5-7-8-9-10-12-13-11-6-4-2/h2-12H2,1H3. The first kappa shape index (κ1) is 13.4. The Labute approximate surface area is 88.9 Å². The first-order chi connectivity index (χ1) is 6.41. The van der Waals surface area contributed by atoms with Crippen LogP contribution in [0, 0.1) is 6.92 Å². The molecular formula is C12H25S. The lowest BCUT2D eigenvalue weighted by atomic mass is 10.1. The van der Waals surface area contributed by atoms with Gasteiger partial charge in [0.25, 0.3) is 0 Å². The van der Waals surface area contributed by atoms with E-state index in [-0.39, 0.29) is 0 Å². The van der Waals surface area contributed by atoms with Crippen molar-refractivity contribution in [2.24, 2.45) is 0 Å². The van der Waals surface area contributed by atoms with Crippen LogP contribution in [-0.4, -0.2) is 11.5 Å². The summed E-state index contributed by atoms with van der Waals surface area (Å²) in [6.45, 7) is 6.11. The molecule has 0 atom stereocenters. The minimum Gasteiger partial charge on any atom is -0.162 e. The van der Waals surface area contributed by atoms with Crippen molar-refractivity contribution >= 4 is 11.8 Å². The Bertz CT molecular complexity index is 71.2. The molecule has 0 fully saturated rings. The third kappa shape index (κ3) is 12.4. The zero-order valence-corrected chi connectivity index (χ0v) is 10.0. The highest BCUT2D eigenvalue weighted by molar-refractivity contribution is 7.99. The molecule has 0 aliphatic carbocycles. The van der Waals surface area contributed by atoms with Crippen molar-refractivity contribution in [3.05, 3.63) is 6.92 Å². The predicted molar refractivity (Wildman–Crippen MR) is 65.3 cm³/mol. The fourth-order valence-electron chi connectivity index (χ4n) is 1.29. The number of hydrogen-bond acceptors (Lipinski definition) is 1. The van der Waals surface area contributed by atoms with Crippen LogP contribution < -0.4 is 0 Å². The quantitative estimate of drug-likeness (QED) is 0.462. The molecule has 1 heteroatoms. The number of unbranched alkanes of at least 4 members (excludes halogenated alkanes) is 6. The van der Waals surface area contributed by atoms with E-state index in [1.807, 2.05) is 0 Å². The topological polar surface area (TPSA) is 0 Å². The van der Waals surface area contributed by atoms with Crippen LogP contribution in [0.3, 0.4) is 0 Å². The Balaban J connectivity index is 2.76. The molecule has 13 heavy (non-hydrogen) atoms. The summed E-state index contributed by atoms with van der Waals surface area (Å²) < 4.78 is 0. The van der Waals surface area contributed by atoms with E-state index in [0.717, 1.165) is 6.42 Å². The Morgan fingerprint density at radius 1 is 0.846 bits per heavy atom. The van der Waals surface area contributed by atoms with Crippen molar-refractivity contribution in [1.29, 1.82) is 0 Å². The minimum absolute atomic E-state index is 1.10. The average molecular weight is 201 g/mol. The Hall–Kier alpha value is 0.350. The summed E-state index contributed by atoms with van der Waals surface area (Å²) in [5, 5.41) is 0. The van der Waals surface area contributed by atoms with Gasteiger partial charge in [0.1, 0.15) is 0 Å². The minimum atomic E-state index is 1.10. The second-order valence-corrected chi connectivity index (χ2v) is 4.81. The lowest BCUT2D eigenvalue weighted by molar-refractivity contribution is 0.627. The third-order valence-corrected chi connectivity index (χ3v) is 3.34. The van der Waals surface area contributed by atoms with Crippen LogP contribution in [0.2, 0.25) is 0 Å². The molecular weight excluding hydrogens is 176 g/mol. The maximum absolute atomic E-state index is 3.84. The Kier molecular flexibility index (Phi) is 12.7. The lowest BCUT2D eigenvalue weighted by Crippen LogP contribution is -1.84. The molecule has 0 nitrogen and oxygen atoms in total. The van der Waals surface area contributed by atoms with Gasteiger partial charge in [-0.15, -0.1) is 0 Å². The molecule has 0 aromatic heterocycles. The largest absolute Gasteiger partial charge is 0.162 e. The van der Waals surface area contributed by atoms with Gasteiger partial charge >= 0.3 is 0 Å². The van der Waals surface area contributed by atoms with Crippen molar-refractivity contribution in [2.75, 3.05) is 11.5 Å². The van der Waals surface area contributed by atoms with Crippen LogP contribution in [0.15, 0.2) is 0 Å². The van der Waals surface area contributed by atoms with E-state index >= 15 is 0 Å². The number of rotatable bonds is 10. The summed E-state index contributed by atoms with van der Waals surface area (Å²) in [5.74, 6) is 2.69. The third-order valence-electron chi connectivity index (χ3n) is 2.18. The molecule has 0 saturated carbocycles. The van der Waals surface area contributed by atoms with Crippen LogP contribution in [0.4, 0.5) is 0 Å². The van der Waals surface area contributed by atoms with Gasteiger partial charge < -0.3 is 0 Å². The summed E-state index contributed by atoms with van der Waals surface area (Å²) >= 11 is 2.10. The van der Waals surface area contributed by atoms with Gasteiger partial charge in [-0.2, -0.15) is 11.8 Å². The van der Waals surface area contributed by atoms with Crippen LogP contribution >= 0.6 is 11.8 Å². The molecule has 0 N–H and O–H groups in total. The molecule has 0 unspecified atom stereocenters. The highest BCUT2D eigenvalue weighted by Crippen LogP contribution is 2.10. The summed E-state index contributed by atoms with van der Waals surface area (Å²) in [6.07, 6.45) is 10.9. The van der Waals surface area contributed by atoms with E-state index in [2.05, 4.69) is 25.6 Å². The van der Waals surface area contributed by atoms with E-state index < -0.39 is 0 Å². The normalized spacial score (nSPS) is 10.6. The molecule has 0 heterocycles. The van der Waals surface area contributed by atoms with Gasteiger partial charge in [0, 0.05) is 0 Å². The van der Waals surface area contributed by atoms with Crippen LogP contribution in [-0.2, 0) is 0 Å². The summed E-state index contributed by atoms with van der Waals surface area (Å²) in [7, 11) is 0. The molecule has 79 valence electrons. The summed E-state index contributed by atoms with van der Waals surface area (Å²) in [5.41, 5.74) is 0. The van der Waals surface area contributed by atoms with Crippen molar-refractivity contribution in [1.82, 2.24) is 0 Å². The highest BCUT2D eigenvalue weighted by atomic mass is 32.2. The summed E-state index contributed by atoms with van der Waals surface area (Å²) in [4.78, 5) is 0. The molecule has 0 aliphatic heterocycles. The van der Waals surface area contributed by atoms with Crippen LogP contribution in [0.1, 0.15) is 58.3 Å².